The van der Waals surface area contributed by atoms with Gasteiger partial charge in [-0.3, -0.25) is 4.79 Å². The summed E-state index contributed by atoms with van der Waals surface area (Å²) in [6, 6.07) is 6.90. The van der Waals surface area contributed by atoms with E-state index in [1.54, 1.807) is 12.4 Å². The van der Waals surface area contributed by atoms with Crippen molar-refractivity contribution in [3.63, 3.8) is 0 Å². The van der Waals surface area contributed by atoms with Crippen LogP contribution >= 0.6 is 11.3 Å². The Hall–Kier alpha value is -2.54. The van der Waals surface area contributed by atoms with Crippen molar-refractivity contribution in [1.82, 2.24) is 14.8 Å². The Morgan fingerprint density at radius 2 is 2.24 bits per heavy atom. The normalized spacial score (nSPS) is 10.7. The van der Waals surface area contributed by atoms with Crippen LogP contribution in [0.15, 0.2) is 40.8 Å². The van der Waals surface area contributed by atoms with Crippen molar-refractivity contribution in [3.05, 3.63) is 51.9 Å². The van der Waals surface area contributed by atoms with Gasteiger partial charge in [0.25, 0.3) is 0 Å². The molecule has 1 aromatic carbocycles. The van der Waals surface area contributed by atoms with E-state index in [0.717, 1.165) is 15.9 Å². The van der Waals surface area contributed by atoms with Gasteiger partial charge >= 0.3 is 5.97 Å². The fourth-order valence-electron chi connectivity index (χ4n) is 1.88. The monoisotopic (exact) mass is 301 g/mol. The summed E-state index contributed by atoms with van der Waals surface area (Å²) in [4.78, 5) is 27.6. The molecule has 6 nitrogen and oxygen atoms in total. The molecule has 0 aliphatic rings. The van der Waals surface area contributed by atoms with E-state index >= 15 is 0 Å². The largest absolute Gasteiger partial charge is 0.461 e. The fourth-order valence-corrected chi connectivity index (χ4v) is 2.59. The van der Waals surface area contributed by atoms with Gasteiger partial charge in [-0.25, -0.2) is 14.5 Å². The molecule has 0 bridgehead atoms. The van der Waals surface area contributed by atoms with Crippen molar-refractivity contribution in [1.29, 1.82) is 0 Å². The summed E-state index contributed by atoms with van der Waals surface area (Å²) >= 11 is 1.51. The lowest BCUT2D eigenvalue weighted by Crippen LogP contribution is -2.22. The van der Waals surface area contributed by atoms with Gasteiger partial charge in [0.2, 0.25) is 11.1 Å². The number of thiazole rings is 1. The van der Waals surface area contributed by atoms with Gasteiger partial charge in [-0.1, -0.05) is 0 Å². The first-order valence-electron chi connectivity index (χ1n) is 6.30. The lowest BCUT2D eigenvalue weighted by atomic mass is 10.3. The smallest absolute Gasteiger partial charge is 0.362 e. The molecule has 0 atom stereocenters. The minimum Gasteiger partial charge on any atom is -0.461 e. The van der Waals surface area contributed by atoms with Crippen LogP contribution in [0, 0.1) is 0 Å². The molecule has 106 valence electrons. The van der Waals surface area contributed by atoms with Gasteiger partial charge in [-0.2, -0.15) is 5.10 Å². The summed E-state index contributed by atoms with van der Waals surface area (Å²) < 4.78 is 7.32. The number of esters is 1. The number of hydrogen-bond donors (Lipinski definition) is 0. The molecule has 0 amide bonds. The van der Waals surface area contributed by atoms with E-state index in [2.05, 4.69) is 10.1 Å². The number of fused-ring (bicyclic) bond motifs is 1. The van der Waals surface area contributed by atoms with Crippen LogP contribution in [0.3, 0.4) is 0 Å². The average Bonchev–Trinajstić information content (AvgIpc) is 2.95. The second-order valence-corrected chi connectivity index (χ2v) is 5.08. The SMILES string of the molecule is CCOC(=O)c1nn(-c2ccc3ncsc3c2)ccc1=O. The molecule has 7 heteroatoms. The maximum atomic E-state index is 11.7. The maximum Gasteiger partial charge on any atom is 0.362 e. The molecule has 3 rings (SSSR count). The van der Waals surface area contributed by atoms with Gasteiger partial charge in [0, 0.05) is 12.3 Å². The molecule has 2 heterocycles. The number of nitrogens with zero attached hydrogens (tertiary/aromatic N) is 3. The van der Waals surface area contributed by atoms with Crippen LogP contribution in [0.5, 0.6) is 0 Å². The molecule has 0 N–H and O–H groups in total. The Labute approximate surface area is 123 Å². The van der Waals surface area contributed by atoms with Crippen LogP contribution < -0.4 is 5.43 Å². The molecule has 0 saturated heterocycles. The molecular formula is C14H11N3O3S. The summed E-state index contributed by atoms with van der Waals surface area (Å²) in [6.45, 7) is 1.87. The highest BCUT2D eigenvalue weighted by Gasteiger charge is 2.14. The lowest BCUT2D eigenvalue weighted by Gasteiger charge is -2.07. The molecule has 0 aliphatic carbocycles. The first-order chi connectivity index (χ1) is 10.2. The number of hydrogen-bond acceptors (Lipinski definition) is 6. The molecule has 0 unspecified atom stereocenters. The third-order valence-electron chi connectivity index (χ3n) is 2.86. The quantitative estimate of drug-likeness (QED) is 0.692. The highest BCUT2D eigenvalue weighted by molar-refractivity contribution is 7.16. The van der Waals surface area contributed by atoms with Crippen LogP contribution in [0.2, 0.25) is 0 Å². The molecule has 0 saturated carbocycles. The second-order valence-electron chi connectivity index (χ2n) is 4.20. The van der Waals surface area contributed by atoms with Crippen molar-refractivity contribution in [2.24, 2.45) is 0 Å². The molecular weight excluding hydrogens is 290 g/mol. The summed E-state index contributed by atoms with van der Waals surface area (Å²) in [7, 11) is 0. The lowest BCUT2D eigenvalue weighted by molar-refractivity contribution is 0.0515. The predicted octanol–water partition coefficient (Wildman–Crippen LogP) is 2.02. The van der Waals surface area contributed by atoms with Crippen molar-refractivity contribution in [2.45, 2.75) is 6.92 Å². The maximum absolute atomic E-state index is 11.7. The standard InChI is InChI=1S/C14H11N3O3S/c1-2-20-14(19)13-11(18)5-6-17(16-13)9-3-4-10-12(7-9)21-8-15-10/h3-8H,2H2,1H3. The van der Waals surface area contributed by atoms with Crippen molar-refractivity contribution < 1.29 is 9.53 Å². The first kappa shape index (κ1) is 13.4. The summed E-state index contributed by atoms with van der Waals surface area (Å²) in [5.41, 5.74) is 2.73. The van der Waals surface area contributed by atoms with Crippen molar-refractivity contribution in [2.75, 3.05) is 6.61 Å². The summed E-state index contributed by atoms with van der Waals surface area (Å²) in [6.07, 6.45) is 1.52. The van der Waals surface area contributed by atoms with Crippen molar-refractivity contribution in [3.8, 4) is 5.69 Å². The molecule has 0 spiro atoms. The van der Waals surface area contributed by atoms with Gasteiger partial charge in [-0.15, -0.1) is 11.3 Å². The Balaban J connectivity index is 2.07. The zero-order valence-corrected chi connectivity index (χ0v) is 12.0. The van der Waals surface area contributed by atoms with E-state index in [1.165, 1.54) is 28.3 Å². The van der Waals surface area contributed by atoms with Gasteiger partial charge < -0.3 is 4.74 Å². The summed E-state index contributed by atoms with van der Waals surface area (Å²) in [5, 5.41) is 4.07. The zero-order chi connectivity index (χ0) is 14.8. The number of ether oxygens (including phenoxy) is 1. The predicted molar refractivity (Wildman–Crippen MR) is 79.0 cm³/mol. The van der Waals surface area contributed by atoms with Gasteiger partial charge in [-0.05, 0) is 25.1 Å². The van der Waals surface area contributed by atoms with Crippen LogP contribution in [-0.2, 0) is 4.74 Å². The highest BCUT2D eigenvalue weighted by atomic mass is 32.1. The molecule has 0 radical (unpaired) electrons. The van der Waals surface area contributed by atoms with E-state index in [1.807, 2.05) is 18.2 Å². The highest BCUT2D eigenvalue weighted by Crippen LogP contribution is 2.20. The number of carbonyl (C=O) groups excluding carboxylic acids is 1. The number of rotatable bonds is 3. The number of carbonyl (C=O) groups is 1. The van der Waals surface area contributed by atoms with Crippen LogP contribution in [0.4, 0.5) is 0 Å². The first-order valence-corrected chi connectivity index (χ1v) is 7.17. The van der Waals surface area contributed by atoms with E-state index in [9.17, 15) is 9.59 Å². The Bertz CT molecular complexity index is 869. The minimum atomic E-state index is -0.712. The Morgan fingerprint density at radius 3 is 3.05 bits per heavy atom. The number of benzene rings is 1. The number of aromatic nitrogens is 3. The van der Waals surface area contributed by atoms with E-state index in [4.69, 9.17) is 4.74 Å². The Kier molecular flexibility index (Phi) is 3.49. The topological polar surface area (TPSA) is 74.1 Å². The fraction of sp³-hybridized carbons (Fsp3) is 0.143. The van der Waals surface area contributed by atoms with Gasteiger partial charge in [0.15, 0.2) is 0 Å². The average molecular weight is 301 g/mol. The van der Waals surface area contributed by atoms with Crippen LogP contribution in [0.1, 0.15) is 17.4 Å². The summed E-state index contributed by atoms with van der Waals surface area (Å²) in [5.74, 6) is -0.712. The van der Waals surface area contributed by atoms with E-state index in [0.29, 0.717) is 0 Å². The molecule has 0 fully saturated rings. The molecule has 0 aliphatic heterocycles. The van der Waals surface area contributed by atoms with Crippen molar-refractivity contribution >= 4 is 27.5 Å². The van der Waals surface area contributed by atoms with Crippen LogP contribution in [-0.4, -0.2) is 27.3 Å². The van der Waals surface area contributed by atoms with E-state index in [-0.39, 0.29) is 12.3 Å². The van der Waals surface area contributed by atoms with E-state index < -0.39 is 11.4 Å². The molecule has 21 heavy (non-hydrogen) atoms. The molecule has 3 aromatic rings. The Morgan fingerprint density at radius 1 is 1.38 bits per heavy atom. The third-order valence-corrected chi connectivity index (χ3v) is 3.65. The minimum absolute atomic E-state index is 0.196. The molecule has 2 aromatic heterocycles. The zero-order valence-electron chi connectivity index (χ0n) is 11.1. The second kappa shape index (κ2) is 5.45. The van der Waals surface area contributed by atoms with Crippen LogP contribution in [0.25, 0.3) is 15.9 Å². The van der Waals surface area contributed by atoms with Gasteiger partial charge in [0.05, 0.1) is 28.0 Å². The van der Waals surface area contributed by atoms with Gasteiger partial charge in [0.1, 0.15) is 0 Å². The third kappa shape index (κ3) is 2.55.